The van der Waals surface area contributed by atoms with Crippen LogP contribution < -0.4 is 10.9 Å². The van der Waals surface area contributed by atoms with E-state index in [0.717, 1.165) is 46.4 Å². The van der Waals surface area contributed by atoms with Crippen molar-refractivity contribution in [2.24, 2.45) is 0 Å². The van der Waals surface area contributed by atoms with Gasteiger partial charge in [0.25, 0.3) is 5.56 Å². The normalized spacial score (nSPS) is 17.2. The van der Waals surface area contributed by atoms with E-state index in [4.69, 9.17) is 16.7 Å². The summed E-state index contributed by atoms with van der Waals surface area (Å²) in [7, 11) is 0. The molecule has 0 spiro atoms. The Kier molecular flexibility index (Phi) is 4.55. The van der Waals surface area contributed by atoms with Gasteiger partial charge in [-0.15, -0.1) is 0 Å². The van der Waals surface area contributed by atoms with Crippen LogP contribution in [0.4, 0.5) is 0 Å². The maximum atomic E-state index is 12.8. The molecular weight excluding hydrogens is 334 g/mol. The highest BCUT2D eigenvalue weighted by Gasteiger charge is 2.18. The predicted octanol–water partition coefficient (Wildman–Crippen LogP) is 3.39. The number of fused-ring (bicyclic) bond motifs is 1. The summed E-state index contributed by atoms with van der Waals surface area (Å²) in [6.07, 6.45) is 2.92. The Hall–Kier alpha value is -2.17. The second-order valence-electron chi connectivity index (χ2n) is 6.58. The molecule has 1 atom stereocenters. The fourth-order valence-corrected chi connectivity index (χ4v) is 3.60. The van der Waals surface area contributed by atoms with E-state index >= 15 is 0 Å². The van der Waals surface area contributed by atoms with Crippen LogP contribution in [0.5, 0.6) is 0 Å². The summed E-state index contributed by atoms with van der Waals surface area (Å²) < 4.78 is 1.64. The largest absolute Gasteiger partial charge is 0.312 e. The first-order chi connectivity index (χ1) is 12.2. The van der Waals surface area contributed by atoms with Gasteiger partial charge in [-0.1, -0.05) is 41.9 Å². The van der Waals surface area contributed by atoms with Crippen molar-refractivity contribution >= 4 is 22.4 Å². The molecule has 1 aromatic heterocycles. The van der Waals surface area contributed by atoms with Crippen LogP contribution in [-0.2, 0) is 13.0 Å². The minimum atomic E-state index is -0.0100. The third-order valence-electron chi connectivity index (χ3n) is 4.78. The Balaban J connectivity index is 1.77. The van der Waals surface area contributed by atoms with Gasteiger partial charge in [0, 0.05) is 22.9 Å². The SMILES string of the molecule is O=c1c2ccccc2c(Cc2ccc(Cl)cc2)nn1C[C@H]1CCCN1. The van der Waals surface area contributed by atoms with E-state index < -0.39 is 0 Å². The molecule has 4 nitrogen and oxygen atoms in total. The van der Waals surface area contributed by atoms with E-state index in [1.807, 2.05) is 48.5 Å². The monoisotopic (exact) mass is 353 g/mol. The zero-order valence-corrected chi connectivity index (χ0v) is 14.7. The van der Waals surface area contributed by atoms with Crippen LogP contribution in [0.15, 0.2) is 53.3 Å². The summed E-state index contributed by atoms with van der Waals surface area (Å²) in [6.45, 7) is 1.64. The third-order valence-corrected chi connectivity index (χ3v) is 5.04. The summed E-state index contributed by atoms with van der Waals surface area (Å²) in [4.78, 5) is 12.8. The number of benzene rings is 2. The molecule has 0 radical (unpaired) electrons. The van der Waals surface area contributed by atoms with Gasteiger partial charge in [-0.05, 0) is 43.1 Å². The van der Waals surface area contributed by atoms with Crippen molar-refractivity contribution in [1.82, 2.24) is 15.1 Å². The number of hydrogen-bond donors (Lipinski definition) is 1. The van der Waals surface area contributed by atoms with Crippen molar-refractivity contribution in [3.63, 3.8) is 0 Å². The quantitative estimate of drug-likeness (QED) is 0.782. The number of aromatic nitrogens is 2. The van der Waals surface area contributed by atoms with Gasteiger partial charge in [0.05, 0.1) is 17.6 Å². The fraction of sp³-hybridized carbons (Fsp3) is 0.300. The maximum Gasteiger partial charge on any atom is 0.274 e. The lowest BCUT2D eigenvalue weighted by atomic mass is 10.0. The predicted molar refractivity (Wildman–Crippen MR) is 101 cm³/mol. The molecule has 128 valence electrons. The molecule has 4 rings (SSSR count). The molecule has 2 aromatic carbocycles. The first-order valence-electron chi connectivity index (χ1n) is 8.67. The Morgan fingerprint density at radius 3 is 2.60 bits per heavy atom. The molecule has 1 aliphatic rings. The van der Waals surface area contributed by atoms with Gasteiger partial charge in [-0.25, -0.2) is 4.68 Å². The van der Waals surface area contributed by atoms with Crippen LogP contribution in [0.3, 0.4) is 0 Å². The third kappa shape index (κ3) is 3.46. The van der Waals surface area contributed by atoms with E-state index in [-0.39, 0.29) is 5.56 Å². The van der Waals surface area contributed by atoms with Gasteiger partial charge in [0.15, 0.2) is 0 Å². The number of nitrogens with zero attached hydrogens (tertiary/aromatic N) is 2. The maximum absolute atomic E-state index is 12.8. The summed E-state index contributed by atoms with van der Waals surface area (Å²) in [5.74, 6) is 0. The molecule has 0 amide bonds. The molecule has 1 fully saturated rings. The Morgan fingerprint density at radius 1 is 1.12 bits per heavy atom. The van der Waals surface area contributed by atoms with E-state index in [1.54, 1.807) is 4.68 Å². The summed E-state index contributed by atoms with van der Waals surface area (Å²) in [5.41, 5.74) is 2.05. The second kappa shape index (κ2) is 6.98. The molecule has 1 aliphatic heterocycles. The number of hydrogen-bond acceptors (Lipinski definition) is 3. The molecule has 0 bridgehead atoms. The minimum Gasteiger partial charge on any atom is -0.312 e. The summed E-state index contributed by atoms with van der Waals surface area (Å²) in [6, 6.07) is 15.9. The van der Waals surface area contributed by atoms with Crippen molar-refractivity contribution in [2.45, 2.75) is 31.8 Å². The summed E-state index contributed by atoms with van der Waals surface area (Å²) in [5, 5.41) is 10.5. The van der Waals surface area contributed by atoms with Crippen LogP contribution in [0.2, 0.25) is 5.02 Å². The number of rotatable bonds is 4. The Bertz CT molecular complexity index is 943. The van der Waals surface area contributed by atoms with Crippen molar-refractivity contribution in [3.05, 3.63) is 75.2 Å². The first-order valence-corrected chi connectivity index (χ1v) is 9.05. The van der Waals surface area contributed by atoms with Crippen molar-refractivity contribution < 1.29 is 0 Å². The second-order valence-corrected chi connectivity index (χ2v) is 7.01. The van der Waals surface area contributed by atoms with Crippen LogP contribution >= 0.6 is 11.6 Å². The Morgan fingerprint density at radius 2 is 1.88 bits per heavy atom. The van der Waals surface area contributed by atoms with Gasteiger partial charge < -0.3 is 5.32 Å². The number of halogens is 1. The number of nitrogens with one attached hydrogen (secondary N) is 1. The van der Waals surface area contributed by atoms with E-state index in [1.165, 1.54) is 0 Å². The molecule has 3 aromatic rings. The van der Waals surface area contributed by atoms with Gasteiger partial charge in [0.1, 0.15) is 0 Å². The van der Waals surface area contributed by atoms with Crippen LogP contribution in [-0.4, -0.2) is 22.4 Å². The average Bonchev–Trinajstić information content (AvgIpc) is 3.14. The van der Waals surface area contributed by atoms with Gasteiger partial charge >= 0.3 is 0 Å². The molecule has 0 aliphatic carbocycles. The topological polar surface area (TPSA) is 46.9 Å². The molecule has 1 N–H and O–H groups in total. The van der Waals surface area contributed by atoms with Crippen molar-refractivity contribution in [3.8, 4) is 0 Å². The zero-order valence-electron chi connectivity index (χ0n) is 13.9. The fourth-order valence-electron chi connectivity index (χ4n) is 3.48. The van der Waals surface area contributed by atoms with Crippen molar-refractivity contribution in [1.29, 1.82) is 0 Å². The zero-order chi connectivity index (χ0) is 17.2. The van der Waals surface area contributed by atoms with Gasteiger partial charge in [-0.3, -0.25) is 4.79 Å². The highest BCUT2D eigenvalue weighted by molar-refractivity contribution is 6.30. The highest BCUT2D eigenvalue weighted by Crippen LogP contribution is 2.19. The van der Waals surface area contributed by atoms with Crippen LogP contribution in [0, 0.1) is 0 Å². The Labute approximate surface area is 151 Å². The van der Waals surface area contributed by atoms with Gasteiger partial charge in [0.2, 0.25) is 0 Å². The van der Waals surface area contributed by atoms with E-state index in [9.17, 15) is 4.79 Å². The highest BCUT2D eigenvalue weighted by atomic mass is 35.5. The summed E-state index contributed by atoms with van der Waals surface area (Å²) >= 11 is 5.98. The molecule has 0 saturated carbocycles. The minimum absolute atomic E-state index is 0.0100. The first kappa shape index (κ1) is 16.3. The van der Waals surface area contributed by atoms with Crippen LogP contribution in [0.25, 0.3) is 10.8 Å². The molecule has 5 heteroatoms. The standard InChI is InChI=1S/C20H20ClN3O/c21-15-9-7-14(8-10-15)12-19-17-5-1-2-6-18(17)20(25)24(23-19)13-16-4-3-11-22-16/h1-2,5-10,16,22H,3-4,11-13H2/t16-/m1/s1. The lowest BCUT2D eigenvalue weighted by Gasteiger charge is -2.15. The van der Waals surface area contributed by atoms with Crippen LogP contribution in [0.1, 0.15) is 24.1 Å². The molecule has 25 heavy (non-hydrogen) atoms. The molecular formula is C20H20ClN3O. The van der Waals surface area contributed by atoms with E-state index in [2.05, 4.69) is 5.32 Å². The smallest absolute Gasteiger partial charge is 0.274 e. The molecule has 0 unspecified atom stereocenters. The lowest BCUT2D eigenvalue weighted by molar-refractivity contribution is 0.458. The lowest BCUT2D eigenvalue weighted by Crippen LogP contribution is -2.34. The van der Waals surface area contributed by atoms with Crippen molar-refractivity contribution in [2.75, 3.05) is 6.54 Å². The van der Waals surface area contributed by atoms with E-state index in [0.29, 0.717) is 19.0 Å². The molecule has 2 heterocycles. The molecule has 1 saturated heterocycles. The average molecular weight is 354 g/mol. The van der Waals surface area contributed by atoms with Gasteiger partial charge in [-0.2, -0.15) is 5.10 Å².